The summed E-state index contributed by atoms with van der Waals surface area (Å²) in [5, 5.41) is 2.93. The van der Waals surface area contributed by atoms with Crippen molar-refractivity contribution in [2.75, 3.05) is 26.3 Å². The first-order chi connectivity index (χ1) is 15.5. The molecule has 8 heteroatoms. The Morgan fingerprint density at radius 3 is 2.72 bits per heavy atom. The van der Waals surface area contributed by atoms with Gasteiger partial charge in [0.1, 0.15) is 12.1 Å². The first-order valence-corrected chi connectivity index (χ1v) is 11.8. The molecule has 32 heavy (non-hydrogen) atoms. The summed E-state index contributed by atoms with van der Waals surface area (Å²) in [4.78, 5) is 42.1. The Morgan fingerprint density at radius 2 is 1.91 bits per heavy atom. The Bertz CT molecular complexity index is 934. The molecule has 5 rings (SSSR count). The minimum absolute atomic E-state index is 0.0779. The largest absolute Gasteiger partial charge is 0.490 e. The van der Waals surface area contributed by atoms with Crippen molar-refractivity contribution >= 4 is 17.8 Å². The predicted octanol–water partition coefficient (Wildman–Crippen LogP) is 3.01. The number of hydrogen-bond donors (Lipinski definition) is 1. The van der Waals surface area contributed by atoms with Gasteiger partial charge in [-0.2, -0.15) is 0 Å². The van der Waals surface area contributed by atoms with Gasteiger partial charge in [-0.15, -0.1) is 0 Å². The van der Waals surface area contributed by atoms with Crippen LogP contribution in [0.2, 0.25) is 0 Å². The summed E-state index contributed by atoms with van der Waals surface area (Å²) in [7, 11) is 0. The van der Waals surface area contributed by atoms with E-state index in [1.165, 1.54) is 0 Å². The van der Waals surface area contributed by atoms with Gasteiger partial charge >= 0.3 is 6.03 Å². The average molecular weight is 442 g/mol. The summed E-state index contributed by atoms with van der Waals surface area (Å²) in [6, 6.07) is 5.31. The highest BCUT2D eigenvalue weighted by Gasteiger charge is 2.55. The molecule has 0 unspecified atom stereocenters. The van der Waals surface area contributed by atoms with E-state index in [2.05, 4.69) is 5.32 Å². The van der Waals surface area contributed by atoms with Gasteiger partial charge in [0.25, 0.3) is 5.91 Å². The molecular weight excluding hydrogens is 410 g/mol. The molecule has 3 fully saturated rings. The molecule has 0 radical (unpaired) electrons. The van der Waals surface area contributed by atoms with Gasteiger partial charge in [0, 0.05) is 13.0 Å². The number of rotatable bonds is 3. The number of carbonyl (C=O) groups excluding carboxylic acids is 3. The molecule has 2 saturated heterocycles. The number of urea groups is 1. The lowest BCUT2D eigenvalue weighted by Gasteiger charge is -2.36. The lowest BCUT2D eigenvalue weighted by Crippen LogP contribution is -2.54. The van der Waals surface area contributed by atoms with Crippen LogP contribution in [0.15, 0.2) is 18.2 Å². The molecule has 1 saturated carbocycles. The summed E-state index contributed by atoms with van der Waals surface area (Å²) < 4.78 is 11.5. The molecule has 1 aromatic carbocycles. The lowest BCUT2D eigenvalue weighted by atomic mass is 9.73. The van der Waals surface area contributed by atoms with Crippen molar-refractivity contribution in [2.24, 2.45) is 5.92 Å². The highest BCUT2D eigenvalue weighted by Crippen LogP contribution is 2.40. The number of nitrogens with zero attached hydrogens (tertiary/aromatic N) is 2. The smallest absolute Gasteiger partial charge is 0.325 e. The Labute approximate surface area is 188 Å². The van der Waals surface area contributed by atoms with Gasteiger partial charge in [0.05, 0.1) is 19.3 Å². The van der Waals surface area contributed by atoms with Crippen LogP contribution in [0.4, 0.5) is 4.79 Å². The zero-order valence-corrected chi connectivity index (χ0v) is 18.6. The molecule has 1 spiro atoms. The van der Waals surface area contributed by atoms with Crippen molar-refractivity contribution in [1.29, 1.82) is 0 Å². The van der Waals surface area contributed by atoms with Crippen molar-refractivity contribution < 1.29 is 23.9 Å². The fourth-order valence-corrected chi connectivity index (χ4v) is 5.66. The maximum atomic E-state index is 13.3. The van der Waals surface area contributed by atoms with Gasteiger partial charge < -0.3 is 19.7 Å². The number of imide groups is 1. The Balaban J connectivity index is 1.32. The number of hydrogen-bond acceptors (Lipinski definition) is 5. The maximum absolute atomic E-state index is 13.3. The van der Waals surface area contributed by atoms with E-state index in [1.807, 2.05) is 25.1 Å². The Hall–Kier alpha value is -2.77. The Kier molecular flexibility index (Phi) is 5.47. The third kappa shape index (κ3) is 3.49. The molecule has 0 aromatic heterocycles. The summed E-state index contributed by atoms with van der Waals surface area (Å²) in [5.74, 6) is 1.09. The number of likely N-dealkylation sites (tertiary alicyclic amines) is 1. The molecule has 3 atom stereocenters. The zero-order chi connectivity index (χ0) is 22.3. The van der Waals surface area contributed by atoms with Gasteiger partial charge in [0.2, 0.25) is 5.91 Å². The van der Waals surface area contributed by atoms with E-state index in [0.29, 0.717) is 31.9 Å². The predicted molar refractivity (Wildman–Crippen MR) is 116 cm³/mol. The fraction of sp³-hybridized carbons (Fsp3) is 0.625. The van der Waals surface area contributed by atoms with Crippen LogP contribution in [0.3, 0.4) is 0 Å². The molecule has 0 bridgehead atoms. The topological polar surface area (TPSA) is 88.2 Å². The lowest BCUT2D eigenvalue weighted by molar-refractivity contribution is -0.141. The molecule has 3 aliphatic heterocycles. The minimum atomic E-state index is -0.839. The van der Waals surface area contributed by atoms with E-state index in [1.54, 1.807) is 4.90 Å². The van der Waals surface area contributed by atoms with E-state index >= 15 is 0 Å². The van der Waals surface area contributed by atoms with Gasteiger partial charge in [0.15, 0.2) is 11.5 Å². The number of benzene rings is 1. The third-order valence-corrected chi connectivity index (χ3v) is 7.52. The summed E-state index contributed by atoms with van der Waals surface area (Å²) in [6.45, 7) is 3.66. The van der Waals surface area contributed by atoms with Gasteiger partial charge in [-0.05, 0) is 49.3 Å². The van der Waals surface area contributed by atoms with E-state index in [4.69, 9.17) is 9.47 Å². The molecule has 4 aliphatic rings. The first kappa shape index (κ1) is 21.1. The van der Waals surface area contributed by atoms with E-state index in [-0.39, 0.29) is 30.3 Å². The molecule has 1 N–H and O–H groups in total. The molecular formula is C24H31N3O5. The van der Waals surface area contributed by atoms with Crippen molar-refractivity contribution in [2.45, 2.75) is 63.5 Å². The van der Waals surface area contributed by atoms with E-state index in [0.717, 1.165) is 54.7 Å². The molecule has 8 nitrogen and oxygen atoms in total. The monoisotopic (exact) mass is 441 g/mol. The van der Waals surface area contributed by atoms with Crippen LogP contribution in [0.25, 0.3) is 0 Å². The van der Waals surface area contributed by atoms with Crippen molar-refractivity contribution in [3.8, 4) is 11.5 Å². The van der Waals surface area contributed by atoms with Crippen LogP contribution in [0.1, 0.15) is 63.5 Å². The van der Waals surface area contributed by atoms with Crippen LogP contribution in [0, 0.1) is 5.92 Å². The van der Waals surface area contributed by atoms with Gasteiger partial charge in [-0.25, -0.2) is 4.79 Å². The third-order valence-electron chi connectivity index (χ3n) is 7.52. The molecule has 1 aromatic rings. The number of ether oxygens (including phenoxy) is 2. The van der Waals surface area contributed by atoms with Crippen molar-refractivity contribution in [3.05, 3.63) is 23.8 Å². The molecule has 1 aliphatic carbocycles. The van der Waals surface area contributed by atoms with Gasteiger partial charge in [-0.1, -0.05) is 25.8 Å². The molecule has 3 heterocycles. The number of carbonyl (C=O) groups is 3. The molecule has 172 valence electrons. The second-order valence-corrected chi connectivity index (χ2v) is 9.44. The SMILES string of the molecule is C[C@@H]1CCCC[C@@]12NC(=O)N(CC(=O)N1CCC[C@@H]1c1ccc3c(c1)OCCCO3)C2=O. The van der Waals surface area contributed by atoms with Crippen molar-refractivity contribution in [3.63, 3.8) is 0 Å². The second kappa shape index (κ2) is 8.30. The standard InChI is InChI=1S/C24H31N3O5/c1-16-6-2-3-10-24(16)22(29)27(23(30)25-24)15-21(28)26-11-4-7-18(26)17-8-9-19-20(14-17)32-13-5-12-31-19/h8-9,14,16,18H,2-7,10-13,15H2,1H3,(H,25,30)/t16-,18-,24-/m1/s1. The highest BCUT2D eigenvalue weighted by molar-refractivity contribution is 6.09. The van der Waals surface area contributed by atoms with Crippen LogP contribution in [0.5, 0.6) is 11.5 Å². The number of nitrogens with one attached hydrogen (secondary N) is 1. The average Bonchev–Trinajstić information content (AvgIpc) is 3.27. The summed E-state index contributed by atoms with van der Waals surface area (Å²) >= 11 is 0. The fourth-order valence-electron chi connectivity index (χ4n) is 5.66. The van der Waals surface area contributed by atoms with E-state index < -0.39 is 11.6 Å². The first-order valence-electron chi connectivity index (χ1n) is 11.8. The van der Waals surface area contributed by atoms with Gasteiger partial charge in [-0.3, -0.25) is 14.5 Å². The number of amides is 4. The Morgan fingerprint density at radius 1 is 1.09 bits per heavy atom. The van der Waals surface area contributed by atoms with E-state index in [9.17, 15) is 14.4 Å². The summed E-state index contributed by atoms with van der Waals surface area (Å²) in [5.41, 5.74) is 0.156. The van der Waals surface area contributed by atoms with Crippen LogP contribution in [-0.4, -0.2) is 59.5 Å². The van der Waals surface area contributed by atoms with Crippen LogP contribution >= 0.6 is 0 Å². The summed E-state index contributed by atoms with van der Waals surface area (Å²) in [6.07, 6.45) is 6.09. The van der Waals surface area contributed by atoms with Crippen LogP contribution in [-0.2, 0) is 9.59 Å². The molecule has 4 amide bonds. The maximum Gasteiger partial charge on any atom is 0.325 e. The highest BCUT2D eigenvalue weighted by atomic mass is 16.5. The van der Waals surface area contributed by atoms with Crippen LogP contribution < -0.4 is 14.8 Å². The van der Waals surface area contributed by atoms with Crippen molar-refractivity contribution in [1.82, 2.24) is 15.1 Å². The number of fused-ring (bicyclic) bond motifs is 1. The zero-order valence-electron chi connectivity index (χ0n) is 18.6. The quantitative estimate of drug-likeness (QED) is 0.729. The second-order valence-electron chi connectivity index (χ2n) is 9.44. The normalized spacial score (nSPS) is 29.9. The minimum Gasteiger partial charge on any atom is -0.490 e.